The molecule has 0 bridgehead atoms. The second-order valence-corrected chi connectivity index (χ2v) is 48.1. The average Bonchev–Trinajstić information content (AvgIpc) is 3.29. The summed E-state index contributed by atoms with van der Waals surface area (Å²) in [5, 5.41) is 0.146. The molecule has 0 aliphatic rings. The van der Waals surface area contributed by atoms with Gasteiger partial charge in [0.15, 0.2) is 33.3 Å². The van der Waals surface area contributed by atoms with Crippen molar-refractivity contribution in [2.45, 2.75) is 260 Å². The maximum atomic E-state index is 11.9. The Bertz CT molecular complexity index is 2010. The Morgan fingerprint density at radius 2 is 1.01 bits per heavy atom. The number of carbonyl (C=O) groups excluding carboxylic acids is 1. The van der Waals surface area contributed by atoms with Gasteiger partial charge in [-0.25, -0.2) is 4.79 Å². The summed E-state index contributed by atoms with van der Waals surface area (Å²) in [5.41, 5.74) is 1.12. The fourth-order valence-corrected chi connectivity index (χ4v) is 14.3. The lowest BCUT2D eigenvalue weighted by Gasteiger charge is -2.44. The zero-order chi connectivity index (χ0) is 59.8. The molecule has 0 unspecified atom stereocenters. The van der Waals surface area contributed by atoms with Crippen LogP contribution in [0, 0.1) is 35.5 Å². The largest absolute Gasteiger partial charge is 0.497 e. The van der Waals surface area contributed by atoms with Gasteiger partial charge in [-0.1, -0.05) is 192 Å². The molecule has 11 atom stereocenters. The molecule has 0 saturated carbocycles. The van der Waals surface area contributed by atoms with E-state index < -0.39 is 33.3 Å². The zero-order valence-corrected chi connectivity index (χ0v) is 58.9. The monoisotopic (exact) mass is 1140 g/mol. The third-order valence-corrected chi connectivity index (χ3v) is 36.2. The molecular weight excluding hydrogens is 1020 g/mol. The van der Waals surface area contributed by atoms with Gasteiger partial charge >= 0.3 is 5.97 Å². The highest BCUT2D eigenvalue weighted by atomic mass is 28.4. The third-order valence-electron chi connectivity index (χ3n) is 18.2. The molecule has 1 aromatic rings. The molecule has 0 aromatic heterocycles. The van der Waals surface area contributed by atoms with Crippen molar-refractivity contribution in [2.24, 2.45) is 35.5 Å². The minimum absolute atomic E-state index is 0.0114. The Hall–Kier alpha value is -2.14. The second-order valence-electron chi connectivity index (χ2n) is 29.1. The molecule has 0 fully saturated rings. The van der Waals surface area contributed by atoms with Crippen molar-refractivity contribution in [2.75, 3.05) is 14.2 Å². The summed E-state index contributed by atoms with van der Waals surface area (Å²) in [6.45, 7) is 65.4. The number of methoxy groups -OCH3 is 2. The van der Waals surface area contributed by atoms with E-state index in [1.165, 1.54) is 13.2 Å². The number of rotatable bonds is 32. The van der Waals surface area contributed by atoms with Gasteiger partial charge in [-0.05, 0) is 133 Å². The van der Waals surface area contributed by atoms with Crippen LogP contribution < -0.4 is 4.74 Å². The molecule has 0 radical (unpaired) electrons. The fourth-order valence-electron chi connectivity index (χ4n) is 8.70. The first-order chi connectivity index (χ1) is 35.0. The summed E-state index contributed by atoms with van der Waals surface area (Å²) >= 11 is 0. The number of allylic oxidation sites excluding steroid dienone is 4. The summed E-state index contributed by atoms with van der Waals surface area (Å²) in [5.74, 6) is 1.66. The van der Waals surface area contributed by atoms with E-state index in [1.807, 2.05) is 30.4 Å². The molecule has 8 nitrogen and oxygen atoms in total. The Kier molecular flexibility index (Phi) is 29.1. The number of esters is 1. The lowest BCUT2D eigenvalue weighted by Crippen LogP contribution is -2.48. The number of ether oxygens (including phenoxy) is 3. The van der Waals surface area contributed by atoms with Crippen molar-refractivity contribution < 1.29 is 36.7 Å². The molecule has 0 saturated heterocycles. The Morgan fingerprint density at radius 1 is 0.545 bits per heavy atom. The van der Waals surface area contributed by atoms with E-state index in [0.717, 1.165) is 30.6 Å². The normalized spacial score (nSPS) is 18.5. The summed E-state index contributed by atoms with van der Waals surface area (Å²) in [6, 6.07) is 8.20. The standard InChI is InChI=1S/C65H120O8Si4/c1-30-31-34-50(4)61(69-47-54-39-42-55(67-20)43-40-54)53(7)57(71-75(24,25)63(11,12)13)44-37-48(2)45-52(6)60(73-77(28,29)65(17,18)19)51(5)38-41-56(70-74(22,23)62(8,9)10)46-58(72-76(26,27)64(14,15)16)49(3)35-32-33-36-59(66)68-21/h30-36,38-43,48-53,56-58,60-61H,1,37,44-47H2,2-29H3/t48-,49+,50-,51-,52-,53-,56+,57+,58-,60-,61-/m0/s1. The molecule has 0 N–H and O–H groups in total. The smallest absolute Gasteiger partial charge is 0.330 e. The molecule has 0 amide bonds. The van der Waals surface area contributed by atoms with Crippen LogP contribution in [-0.2, 0) is 38.6 Å². The number of hydrogen-bond acceptors (Lipinski definition) is 8. The topological polar surface area (TPSA) is 81.7 Å². The van der Waals surface area contributed by atoms with Gasteiger partial charge in [-0.3, -0.25) is 0 Å². The highest BCUT2D eigenvalue weighted by Gasteiger charge is 2.45. The first-order valence-electron chi connectivity index (χ1n) is 29.3. The average molecular weight is 1140 g/mol. The van der Waals surface area contributed by atoms with Crippen LogP contribution in [0.4, 0.5) is 0 Å². The summed E-state index contributed by atoms with van der Waals surface area (Å²) < 4.78 is 47.1. The number of hydrogen-bond donors (Lipinski definition) is 0. The van der Waals surface area contributed by atoms with Gasteiger partial charge in [-0.15, -0.1) is 0 Å². The third kappa shape index (κ3) is 24.1. The maximum absolute atomic E-state index is 11.9. The maximum Gasteiger partial charge on any atom is 0.330 e. The van der Waals surface area contributed by atoms with Crippen molar-refractivity contribution in [3.63, 3.8) is 0 Å². The summed E-state index contributed by atoms with van der Waals surface area (Å²) in [7, 11) is -5.73. The molecule has 0 aliphatic carbocycles. The van der Waals surface area contributed by atoms with E-state index in [9.17, 15) is 4.79 Å². The molecule has 1 aromatic carbocycles. The van der Waals surface area contributed by atoms with Crippen LogP contribution in [0.1, 0.15) is 156 Å². The van der Waals surface area contributed by atoms with Crippen molar-refractivity contribution in [3.05, 3.63) is 91.1 Å². The van der Waals surface area contributed by atoms with Crippen molar-refractivity contribution in [3.8, 4) is 5.75 Å². The van der Waals surface area contributed by atoms with Gasteiger partial charge in [0.05, 0.1) is 51.3 Å². The van der Waals surface area contributed by atoms with Crippen molar-refractivity contribution in [1.29, 1.82) is 0 Å². The summed E-state index contributed by atoms with van der Waals surface area (Å²) in [6.07, 6.45) is 21.6. The highest BCUT2D eigenvalue weighted by Crippen LogP contribution is 2.44. The van der Waals surface area contributed by atoms with Crippen LogP contribution in [0.3, 0.4) is 0 Å². The van der Waals surface area contributed by atoms with Gasteiger partial charge in [-0.2, -0.15) is 0 Å². The van der Waals surface area contributed by atoms with E-state index in [-0.39, 0.29) is 80.3 Å². The second kappa shape index (κ2) is 30.8. The van der Waals surface area contributed by atoms with E-state index >= 15 is 0 Å². The number of carbonyl (C=O) groups is 1. The van der Waals surface area contributed by atoms with E-state index in [0.29, 0.717) is 24.9 Å². The Balaban J connectivity index is 3.84. The van der Waals surface area contributed by atoms with Crippen LogP contribution >= 0.6 is 0 Å². The van der Waals surface area contributed by atoms with Crippen LogP contribution in [0.2, 0.25) is 72.5 Å². The Labute approximate surface area is 479 Å². The van der Waals surface area contributed by atoms with Gasteiger partial charge in [0, 0.05) is 24.3 Å². The first-order valence-corrected chi connectivity index (χ1v) is 41.0. The van der Waals surface area contributed by atoms with Crippen molar-refractivity contribution in [1.82, 2.24) is 0 Å². The first kappa shape index (κ1) is 72.9. The van der Waals surface area contributed by atoms with E-state index in [1.54, 1.807) is 13.2 Å². The molecule has 0 aliphatic heterocycles. The van der Waals surface area contributed by atoms with Gasteiger partial charge < -0.3 is 31.9 Å². The molecule has 1 rings (SSSR count). The lowest BCUT2D eigenvalue weighted by atomic mass is 9.82. The van der Waals surface area contributed by atoms with E-state index in [4.69, 9.17) is 31.9 Å². The Morgan fingerprint density at radius 3 is 1.49 bits per heavy atom. The fraction of sp³-hybridized carbons (Fsp3) is 0.738. The molecule has 444 valence electrons. The molecule has 0 spiro atoms. The predicted molar refractivity (Wildman–Crippen MR) is 342 cm³/mol. The van der Waals surface area contributed by atoms with Crippen LogP contribution in [-0.4, -0.2) is 84.0 Å². The molecular formula is C65H120O8Si4. The van der Waals surface area contributed by atoms with Crippen LogP contribution in [0.5, 0.6) is 5.75 Å². The highest BCUT2D eigenvalue weighted by molar-refractivity contribution is 6.75. The van der Waals surface area contributed by atoms with Crippen molar-refractivity contribution >= 4 is 39.2 Å². The minimum Gasteiger partial charge on any atom is -0.497 e. The SMILES string of the molecule is C=CC=C[C@H](C)[C@H](OCc1ccc(OC)cc1)[C@@H](C)[C@@H](CC[C@H](C)C[C@H](C)[C@@H](O[Si](C)(C)C(C)(C)C)[C@@H](C)C=C[C@H](C[C@H](O[Si](C)(C)C(C)(C)C)[C@H](C)C=CC=CC(=O)OC)O[Si](C)(C)C(C)(C)C)O[Si](C)(C)C(C)(C)C. The van der Waals surface area contributed by atoms with Crippen LogP contribution in [0.25, 0.3) is 0 Å². The summed E-state index contributed by atoms with van der Waals surface area (Å²) in [4.78, 5) is 11.9. The molecule has 12 heteroatoms. The zero-order valence-electron chi connectivity index (χ0n) is 54.9. The van der Waals surface area contributed by atoms with Gasteiger partial charge in [0.1, 0.15) is 5.75 Å². The predicted octanol–water partition coefficient (Wildman–Crippen LogP) is 19.1. The quantitative estimate of drug-likeness (QED) is 0.0232. The van der Waals surface area contributed by atoms with Gasteiger partial charge in [0.2, 0.25) is 0 Å². The lowest BCUT2D eigenvalue weighted by molar-refractivity contribution is -0.134. The molecule has 77 heavy (non-hydrogen) atoms. The molecule has 0 heterocycles. The number of benzene rings is 1. The van der Waals surface area contributed by atoms with E-state index in [2.05, 4.69) is 220 Å². The van der Waals surface area contributed by atoms with Gasteiger partial charge in [0.25, 0.3) is 0 Å². The minimum atomic E-state index is -2.24. The van der Waals surface area contributed by atoms with Crippen LogP contribution in [0.15, 0.2) is 85.5 Å².